The number of nitrogens with zero attached hydrogens (tertiary/aromatic N) is 3. The number of halogens is 2. The van der Waals surface area contributed by atoms with Gasteiger partial charge in [0.1, 0.15) is 0 Å². The molecule has 0 saturated carbocycles. The minimum Gasteiger partial charge on any atom is -0.352 e. The number of aryl methyl sites for hydroxylation is 1. The zero-order chi connectivity index (χ0) is 17.7. The van der Waals surface area contributed by atoms with Gasteiger partial charge in [-0.1, -0.05) is 19.8 Å². The van der Waals surface area contributed by atoms with Gasteiger partial charge < -0.3 is 16.0 Å². The van der Waals surface area contributed by atoms with E-state index < -0.39 is 0 Å². The molecule has 9 heteroatoms. The number of hydrogen-bond acceptors (Lipinski definition) is 4. The molecule has 1 fully saturated rings. The second-order valence-corrected chi connectivity index (χ2v) is 6.63. The number of unbranched alkanes of at least 4 members (excludes halogenated alkanes) is 1. The molecule has 150 valence electrons. The van der Waals surface area contributed by atoms with E-state index in [9.17, 15) is 9.59 Å². The zero-order valence-corrected chi connectivity index (χ0v) is 17.3. The molecule has 0 spiro atoms. The number of carbonyl (C=O) groups is 2. The van der Waals surface area contributed by atoms with Crippen molar-refractivity contribution in [3.63, 3.8) is 0 Å². The summed E-state index contributed by atoms with van der Waals surface area (Å²) in [5.41, 5.74) is 6.69. The second-order valence-electron chi connectivity index (χ2n) is 6.63. The molecular weight excluding hydrogens is 377 g/mol. The number of rotatable bonds is 7. The quantitative estimate of drug-likeness (QED) is 0.720. The van der Waals surface area contributed by atoms with E-state index in [2.05, 4.69) is 17.3 Å². The predicted octanol–water partition coefficient (Wildman–Crippen LogP) is 1.81. The molecule has 0 aromatic carbocycles. The molecule has 0 radical (unpaired) electrons. The molecular formula is C17H31Cl2N5O2. The highest BCUT2D eigenvalue weighted by Gasteiger charge is 2.39. The largest absolute Gasteiger partial charge is 0.352 e. The van der Waals surface area contributed by atoms with Crippen molar-refractivity contribution in [3.8, 4) is 0 Å². The van der Waals surface area contributed by atoms with E-state index in [-0.39, 0.29) is 54.6 Å². The van der Waals surface area contributed by atoms with Crippen LogP contribution in [0.25, 0.3) is 0 Å². The number of likely N-dealkylation sites (tertiary alicyclic amines) is 1. The summed E-state index contributed by atoms with van der Waals surface area (Å²) in [6.45, 7) is 2.56. The van der Waals surface area contributed by atoms with Crippen LogP contribution in [0.2, 0.25) is 0 Å². The maximum Gasteiger partial charge on any atom is 0.225 e. The van der Waals surface area contributed by atoms with Gasteiger partial charge >= 0.3 is 0 Å². The molecule has 1 aliphatic rings. The van der Waals surface area contributed by atoms with Gasteiger partial charge in [0.05, 0.1) is 18.2 Å². The number of carbonyl (C=O) groups excluding carboxylic acids is 2. The Morgan fingerprint density at radius 1 is 1.42 bits per heavy atom. The van der Waals surface area contributed by atoms with Crippen LogP contribution >= 0.6 is 24.8 Å². The Labute approximate surface area is 167 Å². The SMILES string of the molecule is CCCCC(CN)NC(=O)C1CCC(=O)N(C)C1c1cnn(C)c1.Cl.Cl. The van der Waals surface area contributed by atoms with E-state index >= 15 is 0 Å². The normalized spacial score (nSPS) is 20.8. The molecule has 2 rings (SSSR count). The highest BCUT2D eigenvalue weighted by atomic mass is 35.5. The lowest BCUT2D eigenvalue weighted by atomic mass is 9.85. The van der Waals surface area contributed by atoms with Crippen LogP contribution in [0.15, 0.2) is 12.4 Å². The molecule has 1 aromatic heterocycles. The first kappa shape index (κ1) is 24.7. The monoisotopic (exact) mass is 407 g/mol. The van der Waals surface area contributed by atoms with Gasteiger partial charge in [0.25, 0.3) is 0 Å². The average molecular weight is 408 g/mol. The lowest BCUT2D eigenvalue weighted by molar-refractivity contribution is -0.141. The first-order chi connectivity index (χ1) is 11.5. The Hall–Kier alpha value is -1.31. The Bertz CT molecular complexity index is 581. The molecule has 0 bridgehead atoms. The lowest BCUT2D eigenvalue weighted by Crippen LogP contribution is -2.49. The van der Waals surface area contributed by atoms with Crippen LogP contribution in [0.1, 0.15) is 50.6 Å². The second kappa shape index (κ2) is 11.4. The van der Waals surface area contributed by atoms with Crippen molar-refractivity contribution >= 4 is 36.6 Å². The first-order valence-electron chi connectivity index (χ1n) is 8.72. The van der Waals surface area contributed by atoms with Crippen molar-refractivity contribution in [3.05, 3.63) is 18.0 Å². The summed E-state index contributed by atoms with van der Waals surface area (Å²) in [5.74, 6) is -0.225. The van der Waals surface area contributed by atoms with Crippen molar-refractivity contribution in [2.45, 2.75) is 51.1 Å². The van der Waals surface area contributed by atoms with Gasteiger partial charge in [-0.05, 0) is 12.8 Å². The molecule has 0 aliphatic carbocycles. The van der Waals surface area contributed by atoms with Crippen LogP contribution in [0.4, 0.5) is 0 Å². The third-order valence-electron chi connectivity index (χ3n) is 4.80. The molecule has 3 unspecified atom stereocenters. The Morgan fingerprint density at radius 3 is 2.65 bits per heavy atom. The standard InChI is InChI=1S/C17H29N5O2.2ClH/c1-4-5-6-13(9-18)20-17(24)14-7-8-15(23)22(3)16(14)12-10-19-21(2)11-12;;/h10-11,13-14,16H,4-9,18H2,1-3H3,(H,20,24);2*1H. The summed E-state index contributed by atoms with van der Waals surface area (Å²) in [6, 6.07) is -0.278. The van der Waals surface area contributed by atoms with Crippen molar-refractivity contribution in [2.24, 2.45) is 18.7 Å². The summed E-state index contributed by atoms with van der Waals surface area (Å²) in [6.07, 6.45) is 7.56. The Kier molecular flexibility index (Phi) is 10.8. The molecule has 2 amide bonds. The van der Waals surface area contributed by atoms with E-state index in [1.165, 1.54) is 0 Å². The number of nitrogens with one attached hydrogen (secondary N) is 1. The van der Waals surface area contributed by atoms with Gasteiger partial charge in [0.2, 0.25) is 11.8 Å². The molecule has 1 aliphatic heterocycles. The minimum absolute atomic E-state index is 0. The summed E-state index contributed by atoms with van der Waals surface area (Å²) in [5, 5.41) is 7.27. The molecule has 26 heavy (non-hydrogen) atoms. The van der Waals surface area contributed by atoms with Gasteiger partial charge in [-0.3, -0.25) is 14.3 Å². The molecule has 3 atom stereocenters. The molecule has 7 nitrogen and oxygen atoms in total. The maximum absolute atomic E-state index is 12.8. The van der Waals surface area contributed by atoms with Crippen LogP contribution in [-0.4, -0.2) is 46.1 Å². The van der Waals surface area contributed by atoms with Crippen LogP contribution in [-0.2, 0) is 16.6 Å². The number of hydrogen-bond donors (Lipinski definition) is 2. The number of piperidine rings is 1. The van der Waals surface area contributed by atoms with E-state index in [1.807, 2.05) is 13.2 Å². The van der Waals surface area contributed by atoms with Crippen LogP contribution < -0.4 is 11.1 Å². The maximum atomic E-state index is 12.8. The van der Waals surface area contributed by atoms with Gasteiger partial charge in [0.15, 0.2) is 0 Å². The topological polar surface area (TPSA) is 93.2 Å². The fourth-order valence-corrected chi connectivity index (χ4v) is 3.37. The van der Waals surface area contributed by atoms with Gasteiger partial charge in [-0.25, -0.2) is 0 Å². The van der Waals surface area contributed by atoms with Crippen molar-refractivity contribution in [2.75, 3.05) is 13.6 Å². The number of aromatic nitrogens is 2. The first-order valence-corrected chi connectivity index (χ1v) is 8.72. The van der Waals surface area contributed by atoms with Crippen LogP contribution in [0, 0.1) is 5.92 Å². The average Bonchev–Trinajstić information content (AvgIpc) is 2.99. The predicted molar refractivity (Wildman–Crippen MR) is 106 cm³/mol. The van der Waals surface area contributed by atoms with Crippen molar-refractivity contribution in [1.29, 1.82) is 0 Å². The third kappa shape index (κ3) is 5.86. The lowest BCUT2D eigenvalue weighted by Gasteiger charge is -2.38. The molecule has 3 N–H and O–H groups in total. The summed E-state index contributed by atoms with van der Waals surface area (Å²) in [4.78, 5) is 26.6. The zero-order valence-electron chi connectivity index (χ0n) is 15.7. The van der Waals surface area contributed by atoms with E-state index in [1.54, 1.807) is 22.8 Å². The molecule has 2 heterocycles. The van der Waals surface area contributed by atoms with Crippen LogP contribution in [0.5, 0.6) is 0 Å². The Morgan fingerprint density at radius 2 is 2.12 bits per heavy atom. The van der Waals surface area contributed by atoms with Gasteiger partial charge in [0, 0.05) is 44.9 Å². The summed E-state index contributed by atoms with van der Waals surface area (Å²) in [7, 11) is 3.59. The summed E-state index contributed by atoms with van der Waals surface area (Å²) < 4.78 is 1.70. The fraction of sp³-hybridized carbons (Fsp3) is 0.706. The third-order valence-corrected chi connectivity index (χ3v) is 4.80. The highest BCUT2D eigenvalue weighted by molar-refractivity contribution is 5.86. The number of amides is 2. The van der Waals surface area contributed by atoms with E-state index in [0.29, 0.717) is 19.4 Å². The van der Waals surface area contributed by atoms with E-state index in [0.717, 1.165) is 24.8 Å². The highest BCUT2D eigenvalue weighted by Crippen LogP contribution is 2.35. The molecule has 1 saturated heterocycles. The fourth-order valence-electron chi connectivity index (χ4n) is 3.37. The Balaban J connectivity index is 0.00000312. The smallest absolute Gasteiger partial charge is 0.225 e. The minimum atomic E-state index is -0.274. The van der Waals surface area contributed by atoms with Crippen molar-refractivity contribution < 1.29 is 9.59 Å². The molecule has 1 aromatic rings. The van der Waals surface area contributed by atoms with E-state index in [4.69, 9.17) is 5.73 Å². The van der Waals surface area contributed by atoms with Crippen molar-refractivity contribution in [1.82, 2.24) is 20.0 Å². The number of nitrogens with two attached hydrogens (primary N) is 1. The van der Waals surface area contributed by atoms with Gasteiger partial charge in [-0.15, -0.1) is 24.8 Å². The van der Waals surface area contributed by atoms with Gasteiger partial charge in [-0.2, -0.15) is 5.10 Å². The summed E-state index contributed by atoms with van der Waals surface area (Å²) >= 11 is 0. The van der Waals surface area contributed by atoms with Crippen LogP contribution in [0.3, 0.4) is 0 Å².